The number of nitrogens with one attached hydrogen (secondary N) is 1. The molecule has 3 heteroatoms. The SMILES string of the molecule is CCCC(C)(C)NC(=O)C(S)C(C)C. The lowest BCUT2D eigenvalue weighted by atomic mass is 9.98. The van der Waals surface area contributed by atoms with Crippen LogP contribution in [-0.2, 0) is 4.79 Å². The molecule has 0 rings (SSSR count). The molecule has 0 saturated carbocycles. The summed E-state index contributed by atoms with van der Waals surface area (Å²) in [5, 5.41) is 2.82. The van der Waals surface area contributed by atoms with Crippen LogP contribution < -0.4 is 5.32 Å². The molecule has 2 nitrogen and oxygen atoms in total. The first kappa shape index (κ1) is 13.8. The molecule has 0 aromatic carbocycles. The molecular weight excluding hydrogens is 194 g/mol. The van der Waals surface area contributed by atoms with Crippen LogP contribution in [0.15, 0.2) is 0 Å². The fourth-order valence-electron chi connectivity index (χ4n) is 1.40. The zero-order chi connectivity index (χ0) is 11.4. The number of carbonyl (C=O) groups excluding carboxylic acids is 1. The van der Waals surface area contributed by atoms with E-state index in [9.17, 15) is 4.79 Å². The van der Waals surface area contributed by atoms with Crippen molar-refractivity contribution in [2.24, 2.45) is 5.92 Å². The molecule has 1 atom stereocenters. The van der Waals surface area contributed by atoms with Crippen molar-refractivity contribution in [2.75, 3.05) is 0 Å². The first-order valence-electron chi connectivity index (χ1n) is 5.30. The molecule has 1 unspecified atom stereocenters. The van der Waals surface area contributed by atoms with Gasteiger partial charge in [-0.05, 0) is 26.2 Å². The standard InChI is InChI=1S/C11H23NOS/c1-6-7-11(4,5)12-10(13)9(14)8(2)3/h8-9,14H,6-7H2,1-5H3,(H,12,13). The lowest BCUT2D eigenvalue weighted by Gasteiger charge is -2.28. The Morgan fingerprint density at radius 3 is 2.29 bits per heavy atom. The van der Waals surface area contributed by atoms with Crippen LogP contribution in [0, 0.1) is 5.92 Å². The predicted octanol–water partition coefficient (Wildman–Crippen LogP) is 2.64. The topological polar surface area (TPSA) is 29.1 Å². The number of hydrogen-bond acceptors (Lipinski definition) is 2. The highest BCUT2D eigenvalue weighted by molar-refractivity contribution is 7.81. The van der Waals surface area contributed by atoms with Crippen molar-refractivity contribution < 1.29 is 4.79 Å². The van der Waals surface area contributed by atoms with E-state index in [0.29, 0.717) is 0 Å². The minimum Gasteiger partial charge on any atom is -0.350 e. The third-order valence-electron chi connectivity index (χ3n) is 2.24. The van der Waals surface area contributed by atoms with Gasteiger partial charge in [0.25, 0.3) is 0 Å². The predicted molar refractivity (Wildman–Crippen MR) is 64.7 cm³/mol. The molecule has 0 aromatic rings. The summed E-state index contributed by atoms with van der Waals surface area (Å²) in [6, 6.07) is 0. The van der Waals surface area contributed by atoms with Crippen molar-refractivity contribution in [1.29, 1.82) is 0 Å². The van der Waals surface area contributed by atoms with Crippen LogP contribution in [0.25, 0.3) is 0 Å². The molecule has 0 radical (unpaired) electrons. The normalized spacial score (nSPS) is 14.2. The Balaban J connectivity index is 4.17. The van der Waals surface area contributed by atoms with Crippen molar-refractivity contribution in [2.45, 2.75) is 58.2 Å². The molecule has 0 aromatic heterocycles. The van der Waals surface area contributed by atoms with Crippen LogP contribution in [-0.4, -0.2) is 16.7 Å². The largest absolute Gasteiger partial charge is 0.350 e. The quantitative estimate of drug-likeness (QED) is 0.681. The average molecular weight is 217 g/mol. The van der Waals surface area contributed by atoms with E-state index < -0.39 is 0 Å². The summed E-state index contributed by atoms with van der Waals surface area (Å²) in [4.78, 5) is 11.7. The first-order chi connectivity index (χ1) is 6.30. The van der Waals surface area contributed by atoms with Gasteiger partial charge in [0.05, 0.1) is 5.25 Å². The minimum atomic E-state index is -0.203. The van der Waals surface area contributed by atoms with Gasteiger partial charge in [-0.25, -0.2) is 0 Å². The average Bonchev–Trinajstić information content (AvgIpc) is 2.01. The highest BCUT2D eigenvalue weighted by Crippen LogP contribution is 2.14. The van der Waals surface area contributed by atoms with Gasteiger partial charge in [0.2, 0.25) is 5.91 Å². The number of thiol groups is 1. The Labute approximate surface area is 93.3 Å². The van der Waals surface area contributed by atoms with Crippen LogP contribution in [0.4, 0.5) is 0 Å². The molecular formula is C11H23NOS. The summed E-state index contributed by atoms with van der Waals surface area (Å²) in [6.07, 6.45) is 2.07. The second kappa shape index (κ2) is 5.64. The Kier molecular flexibility index (Phi) is 5.57. The van der Waals surface area contributed by atoms with Crippen molar-refractivity contribution in [3.05, 3.63) is 0 Å². The van der Waals surface area contributed by atoms with Crippen LogP contribution in [0.3, 0.4) is 0 Å². The van der Waals surface area contributed by atoms with E-state index in [1.807, 2.05) is 13.8 Å². The summed E-state index contributed by atoms with van der Waals surface area (Å²) in [7, 11) is 0. The number of amides is 1. The van der Waals surface area contributed by atoms with Crippen LogP contribution in [0.2, 0.25) is 0 Å². The maximum Gasteiger partial charge on any atom is 0.233 e. The number of carbonyl (C=O) groups is 1. The lowest BCUT2D eigenvalue weighted by Crippen LogP contribution is -2.47. The second-order valence-electron chi connectivity index (χ2n) is 4.81. The van der Waals surface area contributed by atoms with Crippen molar-refractivity contribution in [3.63, 3.8) is 0 Å². The molecule has 14 heavy (non-hydrogen) atoms. The molecule has 0 aliphatic rings. The van der Waals surface area contributed by atoms with Crippen molar-refractivity contribution >= 4 is 18.5 Å². The van der Waals surface area contributed by atoms with E-state index in [4.69, 9.17) is 0 Å². The Morgan fingerprint density at radius 1 is 1.43 bits per heavy atom. The van der Waals surface area contributed by atoms with Gasteiger partial charge in [0.1, 0.15) is 0 Å². The van der Waals surface area contributed by atoms with E-state index >= 15 is 0 Å². The maximum atomic E-state index is 11.7. The molecule has 1 N–H and O–H groups in total. The summed E-state index contributed by atoms with van der Waals surface area (Å²) in [5.41, 5.74) is -0.109. The number of rotatable bonds is 5. The summed E-state index contributed by atoms with van der Waals surface area (Å²) < 4.78 is 0. The highest BCUT2D eigenvalue weighted by Gasteiger charge is 2.24. The number of hydrogen-bond donors (Lipinski definition) is 2. The molecule has 84 valence electrons. The Morgan fingerprint density at radius 2 is 1.93 bits per heavy atom. The van der Waals surface area contributed by atoms with Crippen LogP contribution in [0.1, 0.15) is 47.5 Å². The van der Waals surface area contributed by atoms with Crippen molar-refractivity contribution in [3.8, 4) is 0 Å². The van der Waals surface area contributed by atoms with Gasteiger partial charge in [0.15, 0.2) is 0 Å². The van der Waals surface area contributed by atoms with Gasteiger partial charge >= 0.3 is 0 Å². The minimum absolute atomic E-state index is 0.0433. The molecule has 0 heterocycles. The molecule has 0 fully saturated rings. The zero-order valence-corrected chi connectivity index (χ0v) is 10.8. The van der Waals surface area contributed by atoms with E-state index in [1.165, 1.54) is 0 Å². The van der Waals surface area contributed by atoms with E-state index in [-0.39, 0.29) is 22.6 Å². The molecule has 0 saturated heterocycles. The Hall–Kier alpha value is -0.180. The van der Waals surface area contributed by atoms with Gasteiger partial charge in [-0.15, -0.1) is 0 Å². The van der Waals surface area contributed by atoms with Crippen molar-refractivity contribution in [1.82, 2.24) is 5.32 Å². The summed E-state index contributed by atoms with van der Waals surface area (Å²) in [5.74, 6) is 0.317. The van der Waals surface area contributed by atoms with E-state index in [2.05, 4.69) is 38.7 Å². The van der Waals surface area contributed by atoms with Crippen LogP contribution in [0.5, 0.6) is 0 Å². The molecule has 0 spiro atoms. The lowest BCUT2D eigenvalue weighted by molar-refractivity contribution is -0.122. The van der Waals surface area contributed by atoms with Crippen LogP contribution >= 0.6 is 12.6 Å². The molecule has 0 bridgehead atoms. The Bertz CT molecular complexity index is 190. The maximum absolute atomic E-state index is 11.7. The molecule has 1 amide bonds. The van der Waals surface area contributed by atoms with Gasteiger partial charge in [-0.2, -0.15) is 12.6 Å². The third-order valence-corrected chi connectivity index (χ3v) is 3.07. The summed E-state index contributed by atoms with van der Waals surface area (Å²) >= 11 is 4.29. The fourth-order valence-corrected chi connectivity index (χ4v) is 1.46. The summed E-state index contributed by atoms with van der Waals surface area (Å²) in [6.45, 7) is 10.2. The second-order valence-corrected chi connectivity index (χ2v) is 5.37. The van der Waals surface area contributed by atoms with E-state index in [1.54, 1.807) is 0 Å². The molecule has 0 aliphatic heterocycles. The monoisotopic (exact) mass is 217 g/mol. The molecule has 0 aliphatic carbocycles. The fraction of sp³-hybridized carbons (Fsp3) is 0.909. The first-order valence-corrected chi connectivity index (χ1v) is 5.82. The van der Waals surface area contributed by atoms with E-state index in [0.717, 1.165) is 12.8 Å². The van der Waals surface area contributed by atoms with Gasteiger partial charge < -0.3 is 5.32 Å². The smallest absolute Gasteiger partial charge is 0.233 e. The zero-order valence-electron chi connectivity index (χ0n) is 9.92. The third kappa shape index (κ3) is 4.89. The van der Waals surface area contributed by atoms with Gasteiger partial charge in [0, 0.05) is 5.54 Å². The van der Waals surface area contributed by atoms with Gasteiger partial charge in [-0.3, -0.25) is 4.79 Å². The van der Waals surface area contributed by atoms with Gasteiger partial charge in [-0.1, -0.05) is 27.2 Å². The highest BCUT2D eigenvalue weighted by atomic mass is 32.1.